The van der Waals surface area contributed by atoms with Gasteiger partial charge in [-0.3, -0.25) is 28.9 Å². The lowest BCUT2D eigenvalue weighted by Gasteiger charge is -2.42. The fourth-order valence-corrected chi connectivity index (χ4v) is 6.63. The van der Waals surface area contributed by atoms with Gasteiger partial charge in [0.2, 0.25) is 0 Å². The van der Waals surface area contributed by atoms with Crippen molar-refractivity contribution >= 4 is 47.5 Å². The highest BCUT2D eigenvalue weighted by atomic mass is 16.5. The fourth-order valence-electron chi connectivity index (χ4n) is 6.63. The molecule has 16 nitrogen and oxygen atoms in total. The second-order valence-corrected chi connectivity index (χ2v) is 15.3. The van der Waals surface area contributed by atoms with Crippen molar-refractivity contribution < 1.29 is 52.9 Å². The number of carbonyl (C=O) groups is 7. The number of nitrogens with one attached hydrogen (secondary N) is 3. The molecule has 1 aliphatic heterocycles. The summed E-state index contributed by atoms with van der Waals surface area (Å²) < 4.78 is 16.5. The van der Waals surface area contributed by atoms with Crippen LogP contribution in [0.5, 0.6) is 0 Å². The summed E-state index contributed by atoms with van der Waals surface area (Å²) in [6.07, 6.45) is -0.575. The first-order valence-corrected chi connectivity index (χ1v) is 17.4. The van der Waals surface area contributed by atoms with Crippen molar-refractivity contribution in [1.29, 1.82) is 5.26 Å². The summed E-state index contributed by atoms with van der Waals surface area (Å²) in [4.78, 5) is 91.9. The maximum atomic E-state index is 14.1. The van der Waals surface area contributed by atoms with Crippen molar-refractivity contribution in [3.8, 4) is 6.07 Å². The number of imide groups is 1. The molecule has 2 rings (SSSR count). The Hall–Kier alpha value is -5.20. The number of para-hydroxylation sites is 1. The molecule has 1 heterocycles. The summed E-state index contributed by atoms with van der Waals surface area (Å²) in [5, 5.41) is 27.0. The highest BCUT2D eigenvalue weighted by molar-refractivity contribution is 6.06. The molecule has 0 radical (unpaired) electrons. The van der Waals surface area contributed by atoms with Crippen LogP contribution in [-0.4, -0.2) is 90.3 Å². The Kier molecular flexibility index (Phi) is 14.6. The van der Waals surface area contributed by atoms with E-state index in [1.54, 1.807) is 38.1 Å². The molecule has 16 heteroatoms. The van der Waals surface area contributed by atoms with Gasteiger partial charge in [-0.1, -0.05) is 19.1 Å². The number of nitrogens with zero attached hydrogens (tertiary/aromatic N) is 2. The lowest BCUT2D eigenvalue weighted by Crippen LogP contribution is -2.47. The molecule has 1 fully saturated rings. The van der Waals surface area contributed by atoms with Gasteiger partial charge in [-0.15, -0.1) is 0 Å². The molecule has 1 saturated heterocycles. The Morgan fingerprint density at radius 3 is 1.98 bits per heavy atom. The molecule has 0 bridgehead atoms. The topological polar surface area (TPSA) is 231 Å². The minimum atomic E-state index is -1.64. The summed E-state index contributed by atoms with van der Waals surface area (Å²) in [5.41, 5.74) is -6.55. The average Bonchev–Trinajstić information content (AvgIpc) is 3.27. The number of carbonyl (C=O) groups excluding carboxylic acids is 6. The first-order chi connectivity index (χ1) is 24.5. The predicted molar refractivity (Wildman–Crippen MR) is 191 cm³/mol. The third-order valence-corrected chi connectivity index (χ3v) is 9.41. The number of benzene rings is 1. The molecule has 4 N–H and O–H groups in total. The van der Waals surface area contributed by atoms with Crippen LogP contribution in [0.15, 0.2) is 24.3 Å². The first-order valence-electron chi connectivity index (χ1n) is 17.4. The normalized spacial score (nSPS) is 17.2. The number of rotatable bonds is 19. The van der Waals surface area contributed by atoms with E-state index in [1.165, 1.54) is 48.5 Å². The Labute approximate surface area is 310 Å². The molecule has 0 aromatic heterocycles. The molecule has 3 atom stereocenters. The Morgan fingerprint density at radius 2 is 1.43 bits per heavy atom. The predicted octanol–water partition coefficient (Wildman–Crippen LogP) is 4.37. The molecule has 0 saturated carbocycles. The van der Waals surface area contributed by atoms with Crippen LogP contribution in [0.3, 0.4) is 0 Å². The summed E-state index contributed by atoms with van der Waals surface area (Å²) >= 11 is 0. The van der Waals surface area contributed by atoms with E-state index in [2.05, 4.69) is 16.0 Å². The zero-order chi connectivity index (χ0) is 40.4. The highest BCUT2D eigenvalue weighted by Crippen LogP contribution is 2.49. The number of urea groups is 2. The monoisotopic (exact) mass is 743 g/mol. The Morgan fingerprint density at radius 1 is 0.868 bits per heavy atom. The van der Waals surface area contributed by atoms with Gasteiger partial charge in [0.25, 0.3) is 5.91 Å². The van der Waals surface area contributed by atoms with Crippen molar-refractivity contribution in [1.82, 2.24) is 15.5 Å². The van der Waals surface area contributed by atoms with Crippen LogP contribution >= 0.6 is 0 Å². The van der Waals surface area contributed by atoms with Crippen molar-refractivity contribution in [3.05, 3.63) is 29.8 Å². The average molecular weight is 744 g/mol. The number of hydrogen-bond donors (Lipinski definition) is 4. The van der Waals surface area contributed by atoms with Crippen molar-refractivity contribution in [2.24, 2.45) is 21.7 Å². The van der Waals surface area contributed by atoms with Crippen LogP contribution < -0.4 is 16.0 Å². The van der Waals surface area contributed by atoms with E-state index < -0.39 is 69.0 Å². The van der Waals surface area contributed by atoms with E-state index in [1.807, 2.05) is 6.07 Å². The SMILES string of the molecule is CCOC(=O)C(C)(CC(C)(CC)C(=O)O)CC(C)(CC(C)(C)C(=O)OCCNC(=O)Nc1ccccc1C#N)C(=O)OCCN1C(=O)NC(C)(C)C1=O. The summed E-state index contributed by atoms with van der Waals surface area (Å²) in [7, 11) is 0. The van der Waals surface area contributed by atoms with Gasteiger partial charge >= 0.3 is 35.9 Å². The summed E-state index contributed by atoms with van der Waals surface area (Å²) in [5.74, 6) is -3.98. The number of aliphatic carboxylic acids is 1. The van der Waals surface area contributed by atoms with E-state index >= 15 is 0 Å². The van der Waals surface area contributed by atoms with Gasteiger partial charge in [0.05, 0.1) is 52.6 Å². The van der Waals surface area contributed by atoms with Crippen LogP contribution in [-0.2, 0) is 38.2 Å². The minimum Gasteiger partial charge on any atom is -0.481 e. The molecule has 1 aromatic rings. The number of carboxylic acid groups (broad SMARTS) is 1. The third-order valence-electron chi connectivity index (χ3n) is 9.41. The maximum absolute atomic E-state index is 14.1. The quantitative estimate of drug-likeness (QED) is 0.0670. The summed E-state index contributed by atoms with van der Waals surface area (Å²) in [6, 6.07) is 7.10. The molecule has 292 valence electrons. The number of hydrogen-bond acceptors (Lipinski definition) is 11. The highest BCUT2D eigenvalue weighted by Gasteiger charge is 2.53. The van der Waals surface area contributed by atoms with Gasteiger partial charge in [0.15, 0.2) is 0 Å². The van der Waals surface area contributed by atoms with Gasteiger partial charge in [-0.2, -0.15) is 5.26 Å². The third kappa shape index (κ3) is 11.1. The Bertz CT molecular complexity index is 1620. The smallest absolute Gasteiger partial charge is 0.325 e. The second-order valence-electron chi connectivity index (χ2n) is 15.3. The van der Waals surface area contributed by atoms with Crippen LogP contribution in [0.2, 0.25) is 0 Å². The molecule has 53 heavy (non-hydrogen) atoms. The van der Waals surface area contributed by atoms with Crippen LogP contribution in [0.1, 0.15) is 93.6 Å². The molecule has 1 aromatic carbocycles. The van der Waals surface area contributed by atoms with Crippen LogP contribution in [0, 0.1) is 33.0 Å². The molecule has 0 aliphatic carbocycles. The van der Waals surface area contributed by atoms with Gasteiger partial charge in [-0.05, 0) is 93.2 Å². The number of amides is 5. The van der Waals surface area contributed by atoms with E-state index in [0.717, 1.165) is 4.90 Å². The zero-order valence-electron chi connectivity index (χ0n) is 32.1. The van der Waals surface area contributed by atoms with Gasteiger partial charge in [0.1, 0.15) is 24.8 Å². The lowest BCUT2D eigenvalue weighted by molar-refractivity contribution is -0.171. The zero-order valence-corrected chi connectivity index (χ0v) is 32.1. The molecule has 5 amide bonds. The maximum Gasteiger partial charge on any atom is 0.325 e. The number of nitriles is 1. The van der Waals surface area contributed by atoms with Gasteiger partial charge in [-0.25, -0.2) is 9.59 Å². The molecule has 1 aliphatic rings. The molecular formula is C37H53N5O11. The Balaban J connectivity index is 2.31. The van der Waals surface area contributed by atoms with E-state index in [-0.39, 0.29) is 64.2 Å². The number of esters is 3. The second kappa shape index (κ2) is 17.5. The van der Waals surface area contributed by atoms with Crippen molar-refractivity contribution in [2.45, 2.75) is 93.5 Å². The standard InChI is InChI=1S/C37H53N5O11/c1-10-35(7,27(44)45)22-37(9,29(47)51-11-2)23-36(8,30(48)53-19-17-42-26(43)34(5,6)41-32(42)50)21-33(3,4)28(46)52-18-16-39-31(49)40-25-15-13-12-14-24(25)20-38/h12-15H,10-11,16-19,21-23H2,1-9H3,(H,41,50)(H,44,45)(H2,39,40,49). The number of anilines is 1. The van der Waals surface area contributed by atoms with Crippen molar-refractivity contribution in [2.75, 3.05) is 38.2 Å². The van der Waals surface area contributed by atoms with E-state index in [4.69, 9.17) is 14.2 Å². The fraction of sp³-hybridized carbons (Fsp3) is 0.622. The number of ether oxygens (including phenoxy) is 3. The van der Waals surface area contributed by atoms with Crippen LogP contribution in [0.4, 0.5) is 15.3 Å². The minimum absolute atomic E-state index is 0.0114. The lowest BCUT2D eigenvalue weighted by atomic mass is 9.61. The van der Waals surface area contributed by atoms with E-state index in [9.17, 15) is 43.9 Å². The van der Waals surface area contributed by atoms with Gasteiger partial charge < -0.3 is 35.3 Å². The van der Waals surface area contributed by atoms with E-state index in [0.29, 0.717) is 5.69 Å². The molecule has 3 unspecified atom stereocenters. The number of carboxylic acids is 1. The first kappa shape index (κ1) is 44.0. The van der Waals surface area contributed by atoms with Crippen LogP contribution in [0.25, 0.3) is 0 Å². The molecular weight excluding hydrogens is 690 g/mol. The van der Waals surface area contributed by atoms with Crippen molar-refractivity contribution in [3.63, 3.8) is 0 Å². The summed E-state index contributed by atoms with van der Waals surface area (Å²) in [6.45, 7) is 12.9. The van der Waals surface area contributed by atoms with Gasteiger partial charge in [0, 0.05) is 0 Å². The largest absolute Gasteiger partial charge is 0.481 e. The molecule has 0 spiro atoms.